The Hall–Kier alpha value is -3.45. The Balaban J connectivity index is 1.83. The monoisotopic (exact) mass is 404 g/mol. The van der Waals surface area contributed by atoms with Gasteiger partial charge in [0, 0.05) is 17.7 Å². The predicted molar refractivity (Wildman–Crippen MR) is 116 cm³/mol. The summed E-state index contributed by atoms with van der Waals surface area (Å²) in [7, 11) is 4.04. The van der Waals surface area contributed by atoms with Crippen molar-refractivity contribution in [2.75, 3.05) is 37.0 Å². The molecule has 0 unspecified atom stereocenters. The molecule has 2 aliphatic rings. The van der Waals surface area contributed by atoms with Crippen LogP contribution in [0.3, 0.4) is 0 Å². The Morgan fingerprint density at radius 1 is 0.933 bits per heavy atom. The quantitative estimate of drug-likeness (QED) is 0.612. The molecule has 0 aromatic heterocycles. The highest BCUT2D eigenvalue weighted by molar-refractivity contribution is 6.44. The number of imide groups is 1. The highest BCUT2D eigenvalue weighted by Gasteiger charge is 2.43. The lowest BCUT2D eigenvalue weighted by molar-refractivity contribution is -0.112. The van der Waals surface area contributed by atoms with Crippen LogP contribution in [0.1, 0.15) is 28.8 Å². The van der Waals surface area contributed by atoms with Gasteiger partial charge in [-0.1, -0.05) is 30.3 Å². The average molecular weight is 404 g/mol. The Bertz CT molecular complexity index is 1070. The summed E-state index contributed by atoms with van der Waals surface area (Å²) in [6, 6.07) is 13.4. The molecule has 30 heavy (non-hydrogen) atoms. The average Bonchev–Trinajstić information content (AvgIpc) is 3.16. The lowest BCUT2D eigenvalue weighted by Crippen LogP contribution is -2.38. The number of carbonyl (C=O) groups excluding carboxylic acids is 3. The zero-order valence-corrected chi connectivity index (χ0v) is 17.1. The minimum atomic E-state index is -0.858. The van der Waals surface area contributed by atoms with Gasteiger partial charge in [0.05, 0.1) is 16.9 Å². The van der Waals surface area contributed by atoms with Crippen molar-refractivity contribution in [3.05, 3.63) is 65.4 Å². The molecule has 2 N–H and O–H groups in total. The Labute approximate surface area is 175 Å². The number of amides is 3. The van der Waals surface area contributed by atoms with Crippen LogP contribution in [0.15, 0.2) is 54.2 Å². The number of primary amides is 1. The summed E-state index contributed by atoms with van der Waals surface area (Å²) in [6.07, 6.45) is 1.81. The maximum Gasteiger partial charge on any atom is 0.326 e. The minimum Gasteiger partial charge on any atom is -0.351 e. The molecule has 0 fully saturated rings. The third-order valence-corrected chi connectivity index (χ3v) is 5.45. The van der Waals surface area contributed by atoms with E-state index in [1.807, 2.05) is 37.2 Å². The highest BCUT2D eigenvalue weighted by Crippen LogP contribution is 2.44. The first kappa shape index (κ1) is 19.8. The third kappa shape index (κ3) is 3.17. The first-order chi connectivity index (χ1) is 14.4. The van der Waals surface area contributed by atoms with Gasteiger partial charge in [-0.05, 0) is 51.7 Å². The van der Waals surface area contributed by atoms with Crippen LogP contribution in [0.5, 0.6) is 0 Å². The van der Waals surface area contributed by atoms with Crippen molar-refractivity contribution in [1.29, 1.82) is 0 Å². The van der Waals surface area contributed by atoms with E-state index in [1.165, 1.54) is 0 Å². The minimum absolute atomic E-state index is 0.206. The zero-order chi connectivity index (χ0) is 21.4. The van der Waals surface area contributed by atoms with Gasteiger partial charge in [0.1, 0.15) is 5.70 Å². The Morgan fingerprint density at radius 3 is 2.23 bits per heavy atom. The van der Waals surface area contributed by atoms with Crippen molar-refractivity contribution in [3.63, 3.8) is 0 Å². The number of anilines is 2. The van der Waals surface area contributed by atoms with Gasteiger partial charge in [-0.15, -0.1) is 0 Å². The van der Waals surface area contributed by atoms with Crippen LogP contribution < -0.4 is 15.5 Å². The molecule has 2 aromatic carbocycles. The van der Waals surface area contributed by atoms with Crippen LogP contribution in [-0.4, -0.2) is 49.8 Å². The summed E-state index contributed by atoms with van der Waals surface area (Å²) in [5, 5.41) is 0. The normalized spacial score (nSPS) is 17.7. The second-order valence-corrected chi connectivity index (χ2v) is 7.73. The largest absolute Gasteiger partial charge is 0.351 e. The molecule has 0 spiro atoms. The van der Waals surface area contributed by atoms with Gasteiger partial charge in [-0.3, -0.25) is 9.59 Å². The number of ketones is 1. The second-order valence-electron chi connectivity index (χ2n) is 7.73. The van der Waals surface area contributed by atoms with Gasteiger partial charge in [0.15, 0.2) is 0 Å². The van der Waals surface area contributed by atoms with Gasteiger partial charge in [-0.25, -0.2) is 9.69 Å². The van der Waals surface area contributed by atoms with Gasteiger partial charge < -0.3 is 15.5 Å². The number of hydrogen-bond donors (Lipinski definition) is 1. The molecule has 0 radical (unpaired) electrons. The molecule has 0 bridgehead atoms. The fourth-order valence-corrected chi connectivity index (χ4v) is 4.11. The van der Waals surface area contributed by atoms with Crippen LogP contribution in [0.25, 0.3) is 5.57 Å². The van der Waals surface area contributed by atoms with E-state index in [0.717, 1.165) is 30.0 Å². The molecular weight excluding hydrogens is 380 g/mol. The van der Waals surface area contributed by atoms with E-state index in [4.69, 9.17) is 5.73 Å². The molecule has 0 aliphatic carbocycles. The van der Waals surface area contributed by atoms with Gasteiger partial charge in [-0.2, -0.15) is 0 Å². The number of nitrogens with two attached hydrogens (primary N) is 1. The summed E-state index contributed by atoms with van der Waals surface area (Å²) in [4.78, 5) is 43.6. The van der Waals surface area contributed by atoms with Crippen molar-refractivity contribution < 1.29 is 14.4 Å². The van der Waals surface area contributed by atoms with E-state index in [9.17, 15) is 14.4 Å². The number of para-hydroxylation sites is 2. The number of hydrogen-bond acceptors (Lipinski definition) is 5. The van der Waals surface area contributed by atoms with E-state index < -0.39 is 11.9 Å². The van der Waals surface area contributed by atoms with Crippen molar-refractivity contribution in [1.82, 2.24) is 4.90 Å². The topological polar surface area (TPSA) is 86.9 Å². The molecule has 2 heterocycles. The first-order valence-corrected chi connectivity index (χ1v) is 9.95. The molecule has 4 rings (SSSR count). The molecule has 0 saturated heterocycles. The maximum atomic E-state index is 13.4. The number of fused-ring (bicyclic) bond motifs is 2. The van der Waals surface area contributed by atoms with Gasteiger partial charge in [0.2, 0.25) is 5.78 Å². The van der Waals surface area contributed by atoms with E-state index >= 15 is 0 Å². The van der Waals surface area contributed by atoms with Crippen molar-refractivity contribution in [3.8, 4) is 0 Å². The summed E-state index contributed by atoms with van der Waals surface area (Å²) >= 11 is 0. The first-order valence-electron chi connectivity index (χ1n) is 9.95. The number of benzene rings is 2. The third-order valence-electron chi connectivity index (χ3n) is 5.45. The molecule has 0 atom stereocenters. The molecule has 0 saturated carbocycles. The SMILES string of the molecule is CN(C)CCCCN1C(=C2C(=O)N(C(N)=O)c3ccccc32)C(=O)c2ccccc21. The second kappa shape index (κ2) is 7.76. The summed E-state index contributed by atoms with van der Waals surface area (Å²) in [5.74, 6) is -0.763. The summed E-state index contributed by atoms with van der Waals surface area (Å²) in [6.45, 7) is 1.54. The predicted octanol–water partition coefficient (Wildman–Crippen LogP) is 2.87. The van der Waals surface area contributed by atoms with Crippen molar-refractivity contribution in [2.24, 2.45) is 5.73 Å². The van der Waals surface area contributed by atoms with Crippen molar-refractivity contribution >= 4 is 34.7 Å². The van der Waals surface area contributed by atoms with Crippen LogP contribution in [0.4, 0.5) is 16.2 Å². The lowest BCUT2D eigenvalue weighted by atomic mass is 10.0. The van der Waals surface area contributed by atoms with E-state index in [-0.39, 0.29) is 11.4 Å². The zero-order valence-electron chi connectivity index (χ0n) is 17.1. The number of allylic oxidation sites excluding steroid dienone is 1. The smallest absolute Gasteiger partial charge is 0.326 e. The van der Waals surface area contributed by atoms with E-state index in [2.05, 4.69) is 4.90 Å². The van der Waals surface area contributed by atoms with Gasteiger partial charge >= 0.3 is 6.03 Å². The number of rotatable bonds is 5. The summed E-state index contributed by atoms with van der Waals surface area (Å²) < 4.78 is 0. The number of Topliss-reactive ketones (excluding diaryl/α,β-unsaturated/α-hetero) is 1. The molecular formula is C23H24N4O3. The fourth-order valence-electron chi connectivity index (χ4n) is 4.11. The van der Waals surface area contributed by atoms with E-state index in [0.29, 0.717) is 29.1 Å². The van der Waals surface area contributed by atoms with E-state index in [1.54, 1.807) is 30.3 Å². The Kier molecular flexibility index (Phi) is 5.13. The molecule has 7 heteroatoms. The maximum absolute atomic E-state index is 13.4. The number of unbranched alkanes of at least 4 members (excludes halogenated alkanes) is 1. The molecule has 3 amide bonds. The van der Waals surface area contributed by atoms with Crippen LogP contribution >= 0.6 is 0 Å². The van der Waals surface area contributed by atoms with Crippen LogP contribution in [-0.2, 0) is 4.79 Å². The lowest BCUT2D eigenvalue weighted by Gasteiger charge is -2.22. The number of carbonyl (C=O) groups is 3. The van der Waals surface area contributed by atoms with Crippen LogP contribution in [0.2, 0.25) is 0 Å². The van der Waals surface area contributed by atoms with Gasteiger partial charge in [0.25, 0.3) is 5.91 Å². The number of urea groups is 1. The number of nitrogens with zero attached hydrogens (tertiary/aromatic N) is 3. The molecule has 2 aliphatic heterocycles. The highest BCUT2D eigenvalue weighted by atomic mass is 16.2. The summed E-state index contributed by atoms with van der Waals surface area (Å²) in [5.41, 5.74) is 8.36. The Morgan fingerprint density at radius 2 is 1.57 bits per heavy atom. The fraction of sp³-hybridized carbons (Fsp3) is 0.261. The standard InChI is InChI=1S/C23H24N4O3/c1-25(2)13-7-8-14-26-17-11-5-4-10-16(17)21(28)20(26)19-15-9-3-6-12-18(15)27(22(19)29)23(24)30/h3-6,9-12H,7-8,13-14H2,1-2H3,(H2,24,30). The molecule has 7 nitrogen and oxygen atoms in total. The molecule has 2 aromatic rings. The molecule has 154 valence electrons. The van der Waals surface area contributed by atoms with Crippen molar-refractivity contribution in [2.45, 2.75) is 12.8 Å². The van der Waals surface area contributed by atoms with Crippen LogP contribution in [0, 0.1) is 0 Å².